The quantitative estimate of drug-likeness (QED) is 0.274. The lowest BCUT2D eigenvalue weighted by Crippen LogP contribution is -2.10. The molecule has 1 atom stereocenters. The van der Waals surface area contributed by atoms with Gasteiger partial charge in [0.2, 0.25) is 0 Å². The third-order valence-corrected chi connectivity index (χ3v) is 4.90. The minimum atomic E-state index is -0.281. The summed E-state index contributed by atoms with van der Waals surface area (Å²) in [6.45, 7) is 6.13. The maximum absolute atomic E-state index is 13.3. The van der Waals surface area contributed by atoms with Crippen molar-refractivity contribution < 1.29 is 13.4 Å². The molecule has 0 amide bonds. The fourth-order valence-electron chi connectivity index (χ4n) is 3.29. The second kappa shape index (κ2) is 9.42. The first kappa shape index (κ1) is 21.2. The van der Waals surface area contributed by atoms with Crippen molar-refractivity contribution in [2.75, 3.05) is 17.7 Å². The van der Waals surface area contributed by atoms with Crippen LogP contribution < -0.4 is 15.8 Å². The molecule has 0 aliphatic rings. The summed E-state index contributed by atoms with van der Waals surface area (Å²) in [5.74, 6) is 0.564. The number of nitrogens with one attached hydrogen (secondary N) is 1. The summed E-state index contributed by atoms with van der Waals surface area (Å²) in [5, 5.41) is 7.65. The van der Waals surface area contributed by atoms with Gasteiger partial charge in [-0.25, -0.2) is 13.9 Å². The Morgan fingerprint density at radius 2 is 2.12 bits per heavy atom. The van der Waals surface area contributed by atoms with Gasteiger partial charge in [0.25, 0.3) is 0 Å². The number of nitrogens with two attached hydrogens (primary N) is 1. The smallest absolute Gasteiger partial charge is 0.318 e. The lowest BCUT2D eigenvalue weighted by molar-refractivity contribution is 0.288. The zero-order valence-electron chi connectivity index (χ0n) is 17.7. The molecule has 0 aliphatic carbocycles. The van der Waals surface area contributed by atoms with Crippen LogP contribution in [0.5, 0.6) is 6.01 Å². The van der Waals surface area contributed by atoms with Gasteiger partial charge in [0, 0.05) is 28.8 Å². The number of nitrogen functional groups attached to an aromatic ring is 1. The Hall–Kier alpha value is -4.01. The fourth-order valence-corrected chi connectivity index (χ4v) is 3.29. The molecule has 0 saturated carbocycles. The summed E-state index contributed by atoms with van der Waals surface area (Å²) in [6.07, 6.45) is 6.91. The van der Waals surface area contributed by atoms with Gasteiger partial charge in [-0.2, -0.15) is 9.97 Å². The van der Waals surface area contributed by atoms with E-state index in [-0.39, 0.29) is 22.1 Å². The summed E-state index contributed by atoms with van der Waals surface area (Å²) in [5.41, 5.74) is 8.83. The molecule has 9 heteroatoms. The Labute approximate surface area is 189 Å². The molecule has 4 rings (SSSR count). The van der Waals surface area contributed by atoms with Crippen LogP contribution in [-0.2, 0) is 0 Å². The normalized spacial score (nSPS) is 11.9. The number of ether oxygens (including phenoxy) is 1. The van der Waals surface area contributed by atoms with Gasteiger partial charge < -0.3 is 15.8 Å². The van der Waals surface area contributed by atoms with E-state index in [4.69, 9.17) is 10.5 Å². The van der Waals surface area contributed by atoms with Crippen LogP contribution in [0.25, 0.3) is 16.9 Å². The van der Waals surface area contributed by atoms with Gasteiger partial charge in [-0.1, -0.05) is 18.2 Å². The number of hydrogen-bond acceptors (Lipinski definition) is 7. The van der Waals surface area contributed by atoms with Gasteiger partial charge >= 0.3 is 6.01 Å². The molecule has 4 aromatic rings. The third-order valence-electron chi connectivity index (χ3n) is 4.90. The molecule has 1 aromatic carbocycles. The van der Waals surface area contributed by atoms with Crippen molar-refractivity contribution in [2.24, 2.45) is 0 Å². The number of nitrogens with zero attached hydrogens (tertiary/aromatic N) is 5. The lowest BCUT2D eigenvalue weighted by atomic mass is 10.1. The van der Waals surface area contributed by atoms with E-state index in [1.165, 1.54) is 12.1 Å². The van der Waals surface area contributed by atoms with Crippen molar-refractivity contribution in [1.29, 1.82) is 0 Å². The molecular formula is C23H30FN7O. The number of allylic oxidation sites excluding steroid dienone is 1. The van der Waals surface area contributed by atoms with Crippen LogP contribution in [0.4, 0.5) is 16.0 Å². The summed E-state index contributed by atoms with van der Waals surface area (Å²) in [4.78, 5) is 13.4. The van der Waals surface area contributed by atoms with Crippen LogP contribution in [0.2, 0.25) is 0 Å². The Balaban J connectivity index is 0.00000204. The van der Waals surface area contributed by atoms with Crippen molar-refractivity contribution >= 4 is 17.3 Å². The van der Waals surface area contributed by atoms with Crippen molar-refractivity contribution in [3.05, 3.63) is 72.8 Å². The molecule has 0 spiro atoms. The topological polar surface area (TPSA) is 103 Å². The van der Waals surface area contributed by atoms with Crippen LogP contribution in [-0.4, -0.2) is 31.2 Å². The predicted molar refractivity (Wildman–Crippen MR) is 128 cm³/mol. The number of aromatic nitrogens is 5. The molecule has 3 N–H and O–H groups in total. The van der Waals surface area contributed by atoms with Crippen molar-refractivity contribution in [3.63, 3.8) is 0 Å². The summed E-state index contributed by atoms with van der Waals surface area (Å²) in [6, 6.07) is 9.95. The van der Waals surface area contributed by atoms with Crippen LogP contribution >= 0.6 is 0 Å². The highest BCUT2D eigenvalue weighted by Gasteiger charge is 2.18. The summed E-state index contributed by atoms with van der Waals surface area (Å²) >= 11 is 0. The average Bonchev–Trinajstić information content (AvgIpc) is 3.12. The maximum atomic E-state index is 13.3. The fraction of sp³-hybridized carbons (Fsp3) is 0.217. The van der Waals surface area contributed by atoms with Crippen LogP contribution in [0.1, 0.15) is 35.7 Å². The first-order valence-corrected chi connectivity index (χ1v) is 10.3. The Bertz CT molecular complexity index is 1240. The monoisotopic (exact) mass is 439 g/mol. The number of anilines is 2. The SMILES string of the molecule is C=CCCCOc1nc(N[C@@H](C)c2ccc(F)cc2)cc(-c2c(N)nn3cccnc23)n1.[HH].[HH].[HH]. The van der Waals surface area contributed by atoms with E-state index >= 15 is 0 Å². The molecule has 0 fully saturated rings. The van der Waals surface area contributed by atoms with E-state index in [1.807, 2.05) is 13.0 Å². The number of hydrogen-bond donors (Lipinski definition) is 2. The highest BCUT2D eigenvalue weighted by molar-refractivity contribution is 5.85. The molecule has 3 aromatic heterocycles. The van der Waals surface area contributed by atoms with Crippen LogP contribution in [0.15, 0.2) is 61.4 Å². The molecule has 0 bridgehead atoms. The Morgan fingerprint density at radius 1 is 1.31 bits per heavy atom. The number of rotatable bonds is 9. The first-order valence-electron chi connectivity index (χ1n) is 10.3. The van der Waals surface area contributed by atoms with E-state index in [0.29, 0.717) is 35.1 Å². The molecule has 0 aliphatic heterocycles. The van der Waals surface area contributed by atoms with Crippen LogP contribution in [0, 0.1) is 5.82 Å². The van der Waals surface area contributed by atoms with E-state index in [0.717, 1.165) is 18.4 Å². The zero-order chi connectivity index (χ0) is 22.5. The van der Waals surface area contributed by atoms with E-state index < -0.39 is 0 Å². The second-order valence-corrected chi connectivity index (χ2v) is 7.27. The highest BCUT2D eigenvalue weighted by atomic mass is 19.1. The van der Waals surface area contributed by atoms with Gasteiger partial charge in [-0.15, -0.1) is 11.7 Å². The lowest BCUT2D eigenvalue weighted by Gasteiger charge is -2.16. The third kappa shape index (κ3) is 4.66. The average molecular weight is 440 g/mol. The van der Waals surface area contributed by atoms with Crippen molar-refractivity contribution in [2.45, 2.75) is 25.8 Å². The number of unbranched alkanes of at least 4 members (excludes halogenated alkanes) is 1. The van der Waals surface area contributed by atoms with Gasteiger partial charge in [0.1, 0.15) is 11.6 Å². The second-order valence-electron chi connectivity index (χ2n) is 7.27. The van der Waals surface area contributed by atoms with E-state index in [9.17, 15) is 4.39 Å². The standard InChI is InChI=1S/C23H24FN7O.3H2/c1-3-4-5-13-32-23-28-18(20-21(25)30-31-12-6-11-26-22(20)31)14-19(29-23)27-15(2)16-7-9-17(24)10-8-16;;;/h3,6-12,14-15H,1,4-5,13H2,2H3,(H2,25,30)(H,27,28,29);3*1H/t15-;;;/m0.../s1. The highest BCUT2D eigenvalue weighted by Crippen LogP contribution is 2.31. The molecule has 170 valence electrons. The largest absolute Gasteiger partial charge is 0.463 e. The number of fused-ring (bicyclic) bond motifs is 1. The Morgan fingerprint density at radius 3 is 2.91 bits per heavy atom. The number of benzene rings is 1. The van der Waals surface area contributed by atoms with Gasteiger partial charge in [-0.3, -0.25) is 0 Å². The predicted octanol–water partition coefficient (Wildman–Crippen LogP) is 5.16. The van der Waals surface area contributed by atoms with E-state index in [1.54, 1.807) is 41.2 Å². The summed E-state index contributed by atoms with van der Waals surface area (Å²) < 4.78 is 20.7. The van der Waals surface area contributed by atoms with Gasteiger partial charge in [-0.05, 0) is 43.5 Å². The molecule has 0 radical (unpaired) electrons. The minimum Gasteiger partial charge on any atom is -0.463 e. The molecular weight excluding hydrogens is 409 g/mol. The molecule has 0 unspecified atom stereocenters. The first-order chi connectivity index (χ1) is 15.5. The molecule has 32 heavy (non-hydrogen) atoms. The van der Waals surface area contributed by atoms with E-state index in [2.05, 4.69) is 31.9 Å². The van der Waals surface area contributed by atoms with Crippen molar-refractivity contribution in [1.82, 2.24) is 24.6 Å². The molecule has 0 saturated heterocycles. The maximum Gasteiger partial charge on any atom is 0.318 e. The molecule has 8 nitrogen and oxygen atoms in total. The molecule has 3 heterocycles. The van der Waals surface area contributed by atoms with Crippen molar-refractivity contribution in [3.8, 4) is 17.3 Å². The number of halogens is 1. The Kier molecular flexibility index (Phi) is 6.25. The van der Waals surface area contributed by atoms with Crippen LogP contribution in [0.3, 0.4) is 0 Å². The minimum absolute atomic E-state index is 0. The zero-order valence-corrected chi connectivity index (χ0v) is 17.7. The summed E-state index contributed by atoms with van der Waals surface area (Å²) in [7, 11) is 0. The van der Waals surface area contributed by atoms with Gasteiger partial charge in [0.05, 0.1) is 17.9 Å². The van der Waals surface area contributed by atoms with Gasteiger partial charge in [0.15, 0.2) is 11.5 Å².